The summed E-state index contributed by atoms with van der Waals surface area (Å²) in [5.74, 6) is 8.22. The summed E-state index contributed by atoms with van der Waals surface area (Å²) in [4.78, 5) is 12.2. The summed E-state index contributed by atoms with van der Waals surface area (Å²) in [6.07, 6.45) is 14.9. The van der Waals surface area contributed by atoms with E-state index in [0.29, 0.717) is 30.5 Å². The maximum Gasteiger partial charge on any atom is 0.158 e. The second-order valence-electron chi connectivity index (χ2n) is 10.3. The van der Waals surface area contributed by atoms with Gasteiger partial charge >= 0.3 is 0 Å². The summed E-state index contributed by atoms with van der Waals surface area (Å²) in [6.45, 7) is 5.85. The lowest BCUT2D eigenvalue weighted by Gasteiger charge is -2.31. The molecule has 4 rings (SSSR count). The van der Waals surface area contributed by atoms with Crippen molar-refractivity contribution in [1.82, 2.24) is 0 Å². The molecule has 33 heavy (non-hydrogen) atoms. The molecule has 2 aliphatic heterocycles. The summed E-state index contributed by atoms with van der Waals surface area (Å²) >= 11 is 0. The molecule has 2 aliphatic carbocycles. The van der Waals surface area contributed by atoms with E-state index in [4.69, 9.17) is 18.9 Å². The first-order valence-electron chi connectivity index (χ1n) is 13.3. The van der Waals surface area contributed by atoms with Crippen molar-refractivity contribution in [3.05, 3.63) is 12.2 Å². The van der Waals surface area contributed by atoms with Gasteiger partial charge in [-0.2, -0.15) is 0 Å². The highest BCUT2D eigenvalue weighted by Gasteiger charge is 2.48. The van der Waals surface area contributed by atoms with Gasteiger partial charge in [-0.1, -0.05) is 26.0 Å². The van der Waals surface area contributed by atoms with Crippen LogP contribution in [-0.4, -0.2) is 43.8 Å². The topological polar surface area (TPSA) is 54.0 Å². The summed E-state index contributed by atoms with van der Waals surface area (Å²) in [5, 5.41) is 0. The number of Topliss-reactive ketones (excluding diaryl/α,β-unsaturated/α-hetero) is 1. The molecule has 0 spiro atoms. The summed E-state index contributed by atoms with van der Waals surface area (Å²) in [6, 6.07) is 0. The third-order valence-corrected chi connectivity index (χ3v) is 7.74. The van der Waals surface area contributed by atoms with Crippen LogP contribution < -0.4 is 0 Å². The molecule has 8 atom stereocenters. The Morgan fingerprint density at radius 1 is 1.06 bits per heavy atom. The highest BCUT2D eigenvalue weighted by molar-refractivity contribution is 5.81. The molecule has 2 saturated heterocycles. The van der Waals surface area contributed by atoms with Crippen molar-refractivity contribution >= 4 is 5.78 Å². The number of ether oxygens (including phenoxy) is 4. The molecule has 0 radical (unpaired) electrons. The molecule has 0 aromatic carbocycles. The minimum absolute atomic E-state index is 0.0537. The van der Waals surface area contributed by atoms with Crippen LogP contribution in [-0.2, 0) is 23.7 Å². The lowest BCUT2D eigenvalue weighted by molar-refractivity contribution is -0.193. The summed E-state index contributed by atoms with van der Waals surface area (Å²) < 4.78 is 24.7. The quantitative estimate of drug-likeness (QED) is 0.359. The van der Waals surface area contributed by atoms with E-state index in [1.54, 1.807) is 0 Å². The van der Waals surface area contributed by atoms with Crippen molar-refractivity contribution < 1.29 is 23.7 Å². The maximum absolute atomic E-state index is 12.2. The Morgan fingerprint density at radius 2 is 1.82 bits per heavy atom. The van der Waals surface area contributed by atoms with Gasteiger partial charge in [-0.25, -0.2) is 0 Å². The molecule has 0 aromatic heterocycles. The predicted molar refractivity (Wildman–Crippen MR) is 127 cm³/mol. The molecule has 0 amide bonds. The van der Waals surface area contributed by atoms with Gasteiger partial charge in [-0.05, 0) is 62.7 Å². The molecule has 4 fully saturated rings. The SMILES string of the molecule is CCC#CC[C@H](C)[C@@H](C=C[C@@H]1[C@H]2CC(=O)C[C@H]2C[C@H]1OC1CCCCO1)OC1CCCCO1. The van der Waals surface area contributed by atoms with Crippen LogP contribution in [0.4, 0.5) is 0 Å². The second kappa shape index (κ2) is 12.5. The zero-order valence-electron chi connectivity index (χ0n) is 20.5. The molecule has 5 nitrogen and oxygen atoms in total. The smallest absolute Gasteiger partial charge is 0.158 e. The van der Waals surface area contributed by atoms with E-state index in [0.717, 1.165) is 71.0 Å². The van der Waals surface area contributed by atoms with Crippen LogP contribution in [0, 0.1) is 35.5 Å². The fourth-order valence-corrected chi connectivity index (χ4v) is 5.90. The van der Waals surface area contributed by atoms with Gasteiger partial charge < -0.3 is 18.9 Å². The third kappa shape index (κ3) is 6.92. The minimum atomic E-state index is -0.137. The van der Waals surface area contributed by atoms with Gasteiger partial charge in [0.2, 0.25) is 0 Å². The predicted octanol–water partition coefficient (Wildman–Crippen LogP) is 5.42. The molecular formula is C28H42O5. The van der Waals surface area contributed by atoms with Gasteiger partial charge in [-0.15, -0.1) is 11.8 Å². The van der Waals surface area contributed by atoms with E-state index in [1.807, 2.05) is 0 Å². The van der Waals surface area contributed by atoms with Crippen LogP contribution in [0.2, 0.25) is 0 Å². The van der Waals surface area contributed by atoms with Crippen LogP contribution in [0.25, 0.3) is 0 Å². The number of hydrogen-bond acceptors (Lipinski definition) is 5. The Balaban J connectivity index is 1.46. The highest BCUT2D eigenvalue weighted by Crippen LogP contribution is 2.48. The van der Waals surface area contributed by atoms with Crippen molar-refractivity contribution in [2.24, 2.45) is 23.7 Å². The van der Waals surface area contributed by atoms with Crippen LogP contribution in [0.5, 0.6) is 0 Å². The standard InChI is InChI=1S/C28H42O5/c1-3-4-5-10-20(2)25(32-27-11-6-8-15-30-27)14-13-23-24-19-22(29)17-21(24)18-26(23)33-28-12-7-9-16-31-28/h13-14,20-21,23-28H,3,6-12,15-19H2,1-2H3/t20-,21-,23+,24-,25+,26+,27?,28?/m0/s1. The highest BCUT2D eigenvalue weighted by atomic mass is 16.7. The van der Waals surface area contributed by atoms with E-state index in [1.165, 1.54) is 0 Å². The molecule has 0 N–H and O–H groups in total. The van der Waals surface area contributed by atoms with Crippen molar-refractivity contribution in [2.45, 2.75) is 109 Å². The molecule has 184 valence electrons. The van der Waals surface area contributed by atoms with E-state index in [-0.39, 0.29) is 36.6 Å². The Morgan fingerprint density at radius 3 is 2.52 bits per heavy atom. The van der Waals surface area contributed by atoms with E-state index in [9.17, 15) is 4.79 Å². The van der Waals surface area contributed by atoms with Gasteiger partial charge in [0.25, 0.3) is 0 Å². The molecule has 2 saturated carbocycles. The normalized spacial score (nSPS) is 36.4. The van der Waals surface area contributed by atoms with Crippen LogP contribution in [0.3, 0.4) is 0 Å². The van der Waals surface area contributed by atoms with Gasteiger partial charge in [0.1, 0.15) is 5.78 Å². The zero-order chi connectivity index (χ0) is 23.0. The molecule has 5 heteroatoms. The molecule has 4 aliphatic rings. The number of rotatable bonds is 8. The molecule has 2 unspecified atom stereocenters. The monoisotopic (exact) mass is 458 g/mol. The van der Waals surface area contributed by atoms with E-state index >= 15 is 0 Å². The lowest BCUT2D eigenvalue weighted by Crippen LogP contribution is -2.32. The number of carbonyl (C=O) groups excluding carboxylic acids is 1. The second-order valence-corrected chi connectivity index (χ2v) is 10.3. The number of ketones is 1. The Hall–Kier alpha value is -1.19. The Labute approximate surface area is 199 Å². The van der Waals surface area contributed by atoms with Gasteiger partial charge in [0.05, 0.1) is 12.2 Å². The Bertz CT molecular complexity index is 710. The third-order valence-electron chi connectivity index (χ3n) is 7.74. The van der Waals surface area contributed by atoms with Crippen LogP contribution >= 0.6 is 0 Å². The zero-order valence-corrected chi connectivity index (χ0v) is 20.5. The van der Waals surface area contributed by atoms with Crippen molar-refractivity contribution in [1.29, 1.82) is 0 Å². The summed E-state index contributed by atoms with van der Waals surface area (Å²) in [7, 11) is 0. The van der Waals surface area contributed by atoms with Crippen molar-refractivity contribution in [3.8, 4) is 11.8 Å². The number of hydrogen-bond donors (Lipinski definition) is 0. The van der Waals surface area contributed by atoms with Crippen LogP contribution in [0.15, 0.2) is 12.2 Å². The molecule has 0 aromatic rings. The van der Waals surface area contributed by atoms with E-state index < -0.39 is 0 Å². The lowest BCUT2D eigenvalue weighted by atomic mass is 9.89. The average Bonchev–Trinajstić information content (AvgIpc) is 3.33. The molecule has 0 bridgehead atoms. The van der Waals surface area contributed by atoms with Gasteiger partial charge in [0.15, 0.2) is 12.6 Å². The number of carbonyl (C=O) groups is 1. The minimum Gasteiger partial charge on any atom is -0.353 e. The van der Waals surface area contributed by atoms with Crippen LogP contribution in [0.1, 0.15) is 84.5 Å². The largest absolute Gasteiger partial charge is 0.353 e. The van der Waals surface area contributed by atoms with Gasteiger partial charge in [0, 0.05) is 44.8 Å². The van der Waals surface area contributed by atoms with Gasteiger partial charge in [-0.3, -0.25) is 4.79 Å². The fraction of sp³-hybridized carbons (Fsp3) is 0.821. The van der Waals surface area contributed by atoms with E-state index in [2.05, 4.69) is 37.8 Å². The average molecular weight is 459 g/mol. The van der Waals surface area contributed by atoms with Crippen molar-refractivity contribution in [2.75, 3.05) is 13.2 Å². The Kier molecular flexibility index (Phi) is 9.44. The van der Waals surface area contributed by atoms with Crippen molar-refractivity contribution in [3.63, 3.8) is 0 Å². The molecule has 2 heterocycles. The maximum atomic E-state index is 12.2. The number of fused-ring (bicyclic) bond motifs is 1. The summed E-state index contributed by atoms with van der Waals surface area (Å²) in [5.41, 5.74) is 0. The first-order chi connectivity index (χ1) is 16.1. The molecular weight excluding hydrogens is 416 g/mol. The first kappa shape index (κ1) is 24.9. The fourth-order valence-electron chi connectivity index (χ4n) is 5.90. The first-order valence-corrected chi connectivity index (χ1v) is 13.3.